The molecule has 0 radical (unpaired) electrons. The molecule has 2 aromatic rings. The Balaban J connectivity index is 2.23. The van der Waals surface area contributed by atoms with E-state index in [4.69, 9.17) is 38.2 Å². The van der Waals surface area contributed by atoms with Gasteiger partial charge >= 0.3 is 0 Å². The molecule has 1 aromatic heterocycles. The van der Waals surface area contributed by atoms with Gasteiger partial charge in [-0.05, 0) is 31.5 Å². The maximum absolute atomic E-state index is 6.17. The first-order chi connectivity index (χ1) is 9.94. The van der Waals surface area contributed by atoms with Crippen LogP contribution in [0.1, 0.15) is 26.1 Å². The molecule has 1 unspecified atom stereocenters. The zero-order valence-corrected chi connectivity index (χ0v) is 13.4. The largest absolute Gasteiger partial charge is 0.379 e. The summed E-state index contributed by atoms with van der Waals surface area (Å²) >= 11 is 12.1. The van der Waals surface area contributed by atoms with Crippen molar-refractivity contribution in [2.24, 2.45) is 5.73 Å². The molecular weight excluding hydrogens is 313 g/mol. The van der Waals surface area contributed by atoms with E-state index in [2.05, 4.69) is 10.1 Å². The van der Waals surface area contributed by atoms with Gasteiger partial charge in [-0.15, -0.1) is 0 Å². The molecule has 0 amide bonds. The van der Waals surface area contributed by atoms with E-state index in [0.717, 1.165) is 6.42 Å². The number of hydrogen-bond acceptors (Lipinski definition) is 5. The van der Waals surface area contributed by atoms with Crippen molar-refractivity contribution >= 4 is 23.2 Å². The van der Waals surface area contributed by atoms with E-state index >= 15 is 0 Å². The molecule has 1 heterocycles. The molecule has 0 aliphatic heterocycles. The Morgan fingerprint density at radius 3 is 2.86 bits per heavy atom. The summed E-state index contributed by atoms with van der Waals surface area (Å²) in [5.41, 5.74) is 5.91. The van der Waals surface area contributed by atoms with Gasteiger partial charge in [-0.1, -0.05) is 35.3 Å². The maximum Gasteiger partial charge on any atom is 0.259 e. The minimum absolute atomic E-state index is 0.282. The second-order valence-corrected chi connectivity index (χ2v) is 5.86. The molecule has 0 aliphatic rings. The quantitative estimate of drug-likeness (QED) is 0.819. The minimum Gasteiger partial charge on any atom is -0.379 e. The number of nitrogens with zero attached hydrogens (tertiary/aromatic N) is 2. The standard InChI is InChI=1S/C14H17Cl2N3O2/c1-3-6-20-8-14(2,17)13-18-12(21-19-13)10-7-9(15)4-5-11(10)16/h4-5,7H,3,6,8,17H2,1-2H3. The van der Waals surface area contributed by atoms with Crippen LogP contribution >= 0.6 is 23.2 Å². The van der Waals surface area contributed by atoms with E-state index in [0.29, 0.717) is 34.6 Å². The van der Waals surface area contributed by atoms with Crippen molar-refractivity contribution in [3.8, 4) is 11.5 Å². The van der Waals surface area contributed by atoms with E-state index in [9.17, 15) is 0 Å². The van der Waals surface area contributed by atoms with Crippen LogP contribution in [-0.4, -0.2) is 23.4 Å². The van der Waals surface area contributed by atoms with Crippen LogP contribution in [0.25, 0.3) is 11.5 Å². The van der Waals surface area contributed by atoms with Crippen molar-refractivity contribution < 1.29 is 9.26 Å². The predicted molar refractivity (Wildman–Crippen MR) is 82.4 cm³/mol. The average Bonchev–Trinajstić information content (AvgIpc) is 2.92. The molecule has 1 atom stereocenters. The summed E-state index contributed by atoms with van der Waals surface area (Å²) in [6.45, 7) is 4.76. The lowest BCUT2D eigenvalue weighted by Crippen LogP contribution is -2.39. The fourth-order valence-corrected chi connectivity index (χ4v) is 2.09. The maximum atomic E-state index is 6.17. The molecular formula is C14H17Cl2N3O2. The third-order valence-electron chi connectivity index (χ3n) is 2.85. The van der Waals surface area contributed by atoms with Crippen LogP contribution in [-0.2, 0) is 10.3 Å². The van der Waals surface area contributed by atoms with Crippen molar-refractivity contribution in [2.75, 3.05) is 13.2 Å². The molecule has 0 spiro atoms. The molecule has 0 saturated carbocycles. The number of benzene rings is 1. The summed E-state index contributed by atoms with van der Waals surface area (Å²) in [6.07, 6.45) is 0.922. The Labute approximate surface area is 133 Å². The first kappa shape index (κ1) is 16.2. The van der Waals surface area contributed by atoms with E-state index in [1.54, 1.807) is 25.1 Å². The summed E-state index contributed by atoms with van der Waals surface area (Å²) < 4.78 is 10.7. The zero-order valence-electron chi connectivity index (χ0n) is 11.9. The smallest absolute Gasteiger partial charge is 0.259 e. The van der Waals surface area contributed by atoms with E-state index in [-0.39, 0.29) is 5.89 Å². The van der Waals surface area contributed by atoms with Crippen LogP contribution in [0.15, 0.2) is 22.7 Å². The topological polar surface area (TPSA) is 74.2 Å². The number of rotatable bonds is 6. The molecule has 7 heteroatoms. The van der Waals surface area contributed by atoms with Crippen LogP contribution < -0.4 is 5.73 Å². The van der Waals surface area contributed by atoms with Gasteiger partial charge in [0.1, 0.15) is 5.54 Å². The average molecular weight is 330 g/mol. The first-order valence-electron chi connectivity index (χ1n) is 6.60. The Hall–Kier alpha value is -1.14. The molecule has 21 heavy (non-hydrogen) atoms. The highest BCUT2D eigenvalue weighted by Gasteiger charge is 2.28. The van der Waals surface area contributed by atoms with Crippen molar-refractivity contribution in [3.05, 3.63) is 34.1 Å². The first-order valence-corrected chi connectivity index (χ1v) is 7.36. The normalized spacial score (nSPS) is 14.1. The summed E-state index contributed by atoms with van der Waals surface area (Å²) in [6, 6.07) is 5.04. The molecule has 114 valence electrons. The van der Waals surface area contributed by atoms with Gasteiger partial charge in [-0.3, -0.25) is 0 Å². The van der Waals surface area contributed by atoms with Crippen molar-refractivity contribution in [3.63, 3.8) is 0 Å². The highest BCUT2D eigenvalue weighted by atomic mass is 35.5. The van der Waals surface area contributed by atoms with E-state index in [1.165, 1.54) is 0 Å². The summed E-state index contributed by atoms with van der Waals surface area (Å²) in [5, 5.41) is 4.94. The minimum atomic E-state index is -0.831. The molecule has 0 aliphatic carbocycles. The number of ether oxygens (including phenoxy) is 1. The lowest BCUT2D eigenvalue weighted by atomic mass is 10.1. The van der Waals surface area contributed by atoms with Gasteiger partial charge in [0.2, 0.25) is 0 Å². The van der Waals surface area contributed by atoms with Crippen LogP contribution in [0.2, 0.25) is 10.0 Å². The number of halogens is 2. The molecule has 0 saturated heterocycles. The Morgan fingerprint density at radius 1 is 1.38 bits per heavy atom. The Kier molecular flexibility index (Phi) is 5.22. The summed E-state index contributed by atoms with van der Waals surface area (Å²) in [4.78, 5) is 4.31. The SMILES string of the molecule is CCCOCC(C)(N)c1noc(-c2cc(Cl)ccc2Cl)n1. The van der Waals surface area contributed by atoms with E-state index in [1.807, 2.05) is 6.92 Å². The summed E-state index contributed by atoms with van der Waals surface area (Å²) in [7, 11) is 0. The predicted octanol–water partition coefficient (Wildman–Crippen LogP) is 3.64. The van der Waals surface area contributed by atoms with E-state index < -0.39 is 5.54 Å². The monoisotopic (exact) mass is 329 g/mol. The lowest BCUT2D eigenvalue weighted by molar-refractivity contribution is 0.0867. The van der Waals surface area contributed by atoms with Gasteiger partial charge < -0.3 is 15.0 Å². The van der Waals surface area contributed by atoms with Gasteiger partial charge in [0, 0.05) is 11.6 Å². The Bertz CT molecular complexity index is 614. The lowest BCUT2D eigenvalue weighted by Gasteiger charge is -2.19. The van der Waals surface area contributed by atoms with Crippen LogP contribution in [0.5, 0.6) is 0 Å². The molecule has 2 rings (SSSR count). The number of hydrogen-bond donors (Lipinski definition) is 1. The third kappa shape index (κ3) is 3.95. The molecule has 0 fully saturated rings. The van der Waals surface area contributed by atoms with Crippen molar-refractivity contribution in [1.29, 1.82) is 0 Å². The molecule has 0 bridgehead atoms. The van der Waals surface area contributed by atoms with Crippen molar-refractivity contribution in [2.45, 2.75) is 25.8 Å². The zero-order chi connectivity index (χ0) is 15.5. The van der Waals surface area contributed by atoms with Gasteiger partial charge in [0.25, 0.3) is 5.89 Å². The van der Waals surface area contributed by atoms with Crippen LogP contribution in [0.3, 0.4) is 0 Å². The van der Waals surface area contributed by atoms with Gasteiger partial charge in [0.05, 0.1) is 17.2 Å². The third-order valence-corrected chi connectivity index (χ3v) is 3.41. The highest BCUT2D eigenvalue weighted by Crippen LogP contribution is 2.30. The fourth-order valence-electron chi connectivity index (χ4n) is 1.72. The number of nitrogens with two attached hydrogens (primary N) is 1. The van der Waals surface area contributed by atoms with Gasteiger partial charge in [-0.2, -0.15) is 4.98 Å². The van der Waals surface area contributed by atoms with Gasteiger partial charge in [-0.25, -0.2) is 0 Å². The summed E-state index contributed by atoms with van der Waals surface area (Å²) in [5.74, 6) is 0.648. The van der Waals surface area contributed by atoms with Crippen LogP contribution in [0.4, 0.5) is 0 Å². The van der Waals surface area contributed by atoms with Crippen LogP contribution in [0, 0.1) is 0 Å². The molecule has 5 nitrogen and oxygen atoms in total. The Morgan fingerprint density at radius 2 is 2.14 bits per heavy atom. The number of aromatic nitrogens is 2. The molecule has 1 aromatic carbocycles. The second-order valence-electron chi connectivity index (χ2n) is 5.02. The highest BCUT2D eigenvalue weighted by molar-refractivity contribution is 6.35. The fraction of sp³-hybridized carbons (Fsp3) is 0.429. The second kappa shape index (κ2) is 6.75. The van der Waals surface area contributed by atoms with Gasteiger partial charge in [0.15, 0.2) is 5.82 Å². The van der Waals surface area contributed by atoms with Crippen molar-refractivity contribution in [1.82, 2.24) is 10.1 Å². The molecule has 2 N–H and O–H groups in total.